The number of aryl methyl sites for hydroxylation is 2. The summed E-state index contributed by atoms with van der Waals surface area (Å²) in [6.07, 6.45) is 1.25. The third-order valence-electron chi connectivity index (χ3n) is 2.85. The van der Waals surface area contributed by atoms with Gasteiger partial charge in [-0.25, -0.2) is 0 Å². The molecule has 1 aromatic heterocycles. The summed E-state index contributed by atoms with van der Waals surface area (Å²) in [5, 5.41) is 3.23. The summed E-state index contributed by atoms with van der Waals surface area (Å²) in [6.45, 7) is 5.39. The first-order valence-electron chi connectivity index (χ1n) is 5.79. The number of rotatable bonds is 3. The van der Waals surface area contributed by atoms with Crippen molar-refractivity contribution in [2.24, 2.45) is 0 Å². The van der Waals surface area contributed by atoms with Gasteiger partial charge in [0.05, 0.1) is 0 Å². The standard InChI is InChI=1S/C12H18N2O2/c1-10-2-3-11(16-10)4-5-12(15)14-8-6-13-7-9-14/h2-3,13H,4-9H2,1H3. The molecule has 1 aliphatic heterocycles. The Morgan fingerprint density at radius 2 is 2.19 bits per heavy atom. The Morgan fingerprint density at radius 1 is 1.44 bits per heavy atom. The molecule has 0 radical (unpaired) electrons. The van der Waals surface area contributed by atoms with E-state index in [4.69, 9.17) is 4.42 Å². The maximum Gasteiger partial charge on any atom is 0.223 e. The normalized spacial score (nSPS) is 16.4. The van der Waals surface area contributed by atoms with Crippen molar-refractivity contribution in [3.63, 3.8) is 0 Å². The van der Waals surface area contributed by atoms with Crippen LogP contribution in [0.25, 0.3) is 0 Å². The van der Waals surface area contributed by atoms with Crippen LogP contribution in [0.2, 0.25) is 0 Å². The second-order valence-corrected chi connectivity index (χ2v) is 4.14. The van der Waals surface area contributed by atoms with Crippen LogP contribution in [-0.2, 0) is 11.2 Å². The average Bonchev–Trinajstić information content (AvgIpc) is 2.73. The van der Waals surface area contributed by atoms with Crippen molar-refractivity contribution in [2.75, 3.05) is 26.2 Å². The molecule has 1 aliphatic rings. The van der Waals surface area contributed by atoms with Crippen LogP contribution in [0.3, 0.4) is 0 Å². The molecular weight excluding hydrogens is 204 g/mol. The molecule has 0 aromatic carbocycles. The maximum atomic E-state index is 11.8. The second kappa shape index (κ2) is 5.16. The molecule has 1 saturated heterocycles. The van der Waals surface area contributed by atoms with Gasteiger partial charge < -0.3 is 14.6 Å². The lowest BCUT2D eigenvalue weighted by Crippen LogP contribution is -2.46. The van der Waals surface area contributed by atoms with Crippen LogP contribution in [0.1, 0.15) is 17.9 Å². The number of furan rings is 1. The van der Waals surface area contributed by atoms with Gasteiger partial charge in [-0.1, -0.05) is 0 Å². The molecule has 16 heavy (non-hydrogen) atoms. The molecule has 0 unspecified atom stereocenters. The van der Waals surface area contributed by atoms with Crippen molar-refractivity contribution in [1.29, 1.82) is 0 Å². The fourth-order valence-corrected chi connectivity index (χ4v) is 1.92. The van der Waals surface area contributed by atoms with Crippen LogP contribution < -0.4 is 5.32 Å². The summed E-state index contributed by atoms with van der Waals surface area (Å²) in [5.74, 6) is 2.04. The van der Waals surface area contributed by atoms with E-state index in [1.165, 1.54) is 0 Å². The number of nitrogens with one attached hydrogen (secondary N) is 1. The van der Waals surface area contributed by atoms with Gasteiger partial charge >= 0.3 is 0 Å². The highest BCUT2D eigenvalue weighted by Gasteiger charge is 2.16. The van der Waals surface area contributed by atoms with Gasteiger partial charge in [0.15, 0.2) is 0 Å². The predicted molar refractivity (Wildman–Crippen MR) is 61.2 cm³/mol. The lowest BCUT2D eigenvalue weighted by Gasteiger charge is -2.27. The molecule has 0 spiro atoms. The Kier molecular flexibility index (Phi) is 3.62. The number of carbonyl (C=O) groups excluding carboxylic acids is 1. The molecule has 1 fully saturated rings. The molecule has 0 saturated carbocycles. The lowest BCUT2D eigenvalue weighted by molar-refractivity contribution is -0.131. The van der Waals surface area contributed by atoms with E-state index in [1.54, 1.807) is 0 Å². The van der Waals surface area contributed by atoms with Crippen molar-refractivity contribution >= 4 is 5.91 Å². The van der Waals surface area contributed by atoms with Gasteiger partial charge in [0.2, 0.25) is 5.91 Å². The summed E-state index contributed by atoms with van der Waals surface area (Å²) >= 11 is 0. The summed E-state index contributed by atoms with van der Waals surface area (Å²) in [6, 6.07) is 3.88. The van der Waals surface area contributed by atoms with Crippen molar-refractivity contribution in [3.05, 3.63) is 23.7 Å². The number of hydrogen-bond acceptors (Lipinski definition) is 3. The number of hydrogen-bond donors (Lipinski definition) is 1. The van der Waals surface area contributed by atoms with Crippen molar-refractivity contribution in [2.45, 2.75) is 19.8 Å². The minimum atomic E-state index is 0.232. The summed E-state index contributed by atoms with van der Waals surface area (Å²) in [4.78, 5) is 13.8. The first-order valence-corrected chi connectivity index (χ1v) is 5.79. The molecule has 4 heteroatoms. The smallest absolute Gasteiger partial charge is 0.223 e. The SMILES string of the molecule is Cc1ccc(CCC(=O)N2CCNCC2)o1. The third kappa shape index (κ3) is 2.85. The first-order chi connectivity index (χ1) is 7.75. The van der Waals surface area contributed by atoms with Gasteiger partial charge in [0.25, 0.3) is 0 Å². The topological polar surface area (TPSA) is 45.5 Å². The van der Waals surface area contributed by atoms with Crippen LogP contribution in [0.4, 0.5) is 0 Å². The fourth-order valence-electron chi connectivity index (χ4n) is 1.92. The van der Waals surface area contributed by atoms with Gasteiger partial charge in [-0.3, -0.25) is 4.79 Å². The van der Waals surface area contributed by atoms with E-state index in [0.717, 1.165) is 37.7 Å². The average molecular weight is 222 g/mol. The number of nitrogens with zero attached hydrogens (tertiary/aromatic N) is 1. The van der Waals surface area contributed by atoms with Crippen molar-refractivity contribution in [3.8, 4) is 0 Å². The largest absolute Gasteiger partial charge is 0.466 e. The monoisotopic (exact) mass is 222 g/mol. The van der Waals surface area contributed by atoms with Crippen molar-refractivity contribution < 1.29 is 9.21 Å². The van der Waals surface area contributed by atoms with Gasteiger partial charge in [-0.2, -0.15) is 0 Å². The Balaban J connectivity index is 1.78. The van der Waals surface area contributed by atoms with E-state index in [-0.39, 0.29) is 5.91 Å². The molecule has 2 heterocycles. The molecular formula is C12H18N2O2. The van der Waals surface area contributed by atoms with Gasteiger partial charge in [-0.05, 0) is 19.1 Å². The highest BCUT2D eigenvalue weighted by Crippen LogP contribution is 2.09. The highest BCUT2D eigenvalue weighted by atomic mass is 16.3. The van der Waals surface area contributed by atoms with Gasteiger partial charge in [0.1, 0.15) is 11.5 Å². The van der Waals surface area contributed by atoms with Crippen LogP contribution in [0.15, 0.2) is 16.5 Å². The van der Waals surface area contributed by atoms with E-state index in [9.17, 15) is 4.79 Å². The van der Waals surface area contributed by atoms with E-state index >= 15 is 0 Å². The van der Waals surface area contributed by atoms with E-state index in [1.807, 2.05) is 24.0 Å². The summed E-state index contributed by atoms with van der Waals surface area (Å²) in [5.41, 5.74) is 0. The Morgan fingerprint density at radius 3 is 2.81 bits per heavy atom. The molecule has 1 aromatic rings. The Labute approximate surface area is 95.6 Å². The zero-order valence-corrected chi connectivity index (χ0v) is 9.66. The quantitative estimate of drug-likeness (QED) is 0.828. The molecule has 2 rings (SSSR count). The molecule has 1 amide bonds. The predicted octanol–water partition coefficient (Wildman–Crippen LogP) is 0.952. The summed E-state index contributed by atoms with van der Waals surface area (Å²) in [7, 11) is 0. The maximum absolute atomic E-state index is 11.8. The molecule has 0 bridgehead atoms. The highest BCUT2D eigenvalue weighted by molar-refractivity contribution is 5.76. The molecule has 0 atom stereocenters. The minimum Gasteiger partial charge on any atom is -0.466 e. The minimum absolute atomic E-state index is 0.232. The molecule has 0 aliphatic carbocycles. The van der Waals surface area contributed by atoms with Crippen LogP contribution in [0, 0.1) is 6.92 Å². The zero-order valence-electron chi connectivity index (χ0n) is 9.66. The second-order valence-electron chi connectivity index (χ2n) is 4.14. The number of amides is 1. The van der Waals surface area contributed by atoms with Crippen molar-refractivity contribution in [1.82, 2.24) is 10.2 Å². The van der Waals surface area contributed by atoms with E-state index < -0.39 is 0 Å². The number of carbonyl (C=O) groups is 1. The zero-order chi connectivity index (χ0) is 11.4. The van der Waals surface area contributed by atoms with E-state index in [0.29, 0.717) is 12.8 Å². The fraction of sp³-hybridized carbons (Fsp3) is 0.583. The third-order valence-corrected chi connectivity index (χ3v) is 2.85. The van der Waals surface area contributed by atoms with Crippen LogP contribution in [-0.4, -0.2) is 37.0 Å². The van der Waals surface area contributed by atoms with Gasteiger partial charge in [-0.15, -0.1) is 0 Å². The van der Waals surface area contributed by atoms with Crippen LogP contribution in [0.5, 0.6) is 0 Å². The molecule has 4 nitrogen and oxygen atoms in total. The molecule has 1 N–H and O–H groups in total. The van der Waals surface area contributed by atoms with Crippen LogP contribution >= 0.6 is 0 Å². The lowest BCUT2D eigenvalue weighted by atomic mass is 10.2. The van der Waals surface area contributed by atoms with E-state index in [2.05, 4.69) is 5.32 Å². The summed E-state index contributed by atoms with van der Waals surface area (Å²) < 4.78 is 5.44. The molecule has 88 valence electrons. The number of piperazine rings is 1. The Bertz CT molecular complexity index is 354. The first kappa shape index (κ1) is 11.2. The van der Waals surface area contributed by atoms with Gasteiger partial charge in [0, 0.05) is 39.0 Å². The Hall–Kier alpha value is -1.29.